The Labute approximate surface area is 88.9 Å². The van der Waals surface area contributed by atoms with Gasteiger partial charge in [0, 0.05) is 17.8 Å². The van der Waals surface area contributed by atoms with Gasteiger partial charge in [-0.25, -0.2) is 0 Å². The van der Waals surface area contributed by atoms with Crippen LogP contribution in [0.1, 0.15) is 49.9 Å². The summed E-state index contributed by atoms with van der Waals surface area (Å²) < 4.78 is 1.87. The Morgan fingerprint density at radius 2 is 2.40 bits per heavy atom. The highest BCUT2D eigenvalue weighted by Gasteiger charge is 2.28. The molecule has 0 amide bonds. The van der Waals surface area contributed by atoms with Crippen molar-refractivity contribution < 1.29 is 9.90 Å². The number of fused-ring (bicyclic) bond motifs is 1. The average molecular weight is 208 g/mol. The summed E-state index contributed by atoms with van der Waals surface area (Å²) in [6.07, 6.45) is 4.49. The fourth-order valence-electron chi connectivity index (χ4n) is 2.08. The maximum atomic E-state index is 11.1. The molecule has 1 aliphatic rings. The molecule has 0 spiro atoms. The number of aryl methyl sites for hydroxylation is 1. The minimum absolute atomic E-state index is 0.296. The SMILES string of the molecule is CC(C)n1cc2c(n1)CCCC2C(=O)O. The molecule has 0 radical (unpaired) electrons. The summed E-state index contributed by atoms with van der Waals surface area (Å²) in [5, 5.41) is 13.5. The van der Waals surface area contributed by atoms with E-state index in [9.17, 15) is 4.79 Å². The van der Waals surface area contributed by atoms with E-state index >= 15 is 0 Å². The zero-order valence-corrected chi connectivity index (χ0v) is 9.10. The monoisotopic (exact) mass is 208 g/mol. The Morgan fingerprint density at radius 1 is 1.67 bits per heavy atom. The fourth-order valence-corrected chi connectivity index (χ4v) is 2.08. The molecular weight excluding hydrogens is 192 g/mol. The Bertz CT molecular complexity index is 382. The van der Waals surface area contributed by atoms with Crippen LogP contribution in [-0.4, -0.2) is 20.9 Å². The van der Waals surface area contributed by atoms with Crippen molar-refractivity contribution in [2.24, 2.45) is 0 Å². The fraction of sp³-hybridized carbons (Fsp3) is 0.636. The molecule has 1 aromatic rings. The lowest BCUT2D eigenvalue weighted by atomic mass is 9.87. The lowest BCUT2D eigenvalue weighted by molar-refractivity contribution is -0.139. The van der Waals surface area contributed by atoms with Gasteiger partial charge in [-0.1, -0.05) is 0 Å². The first-order valence-corrected chi connectivity index (χ1v) is 5.40. The van der Waals surface area contributed by atoms with Crippen molar-refractivity contribution >= 4 is 5.97 Å². The number of hydrogen-bond donors (Lipinski definition) is 1. The third-order valence-electron chi connectivity index (χ3n) is 2.95. The Morgan fingerprint density at radius 3 is 3.00 bits per heavy atom. The summed E-state index contributed by atoms with van der Waals surface area (Å²) >= 11 is 0. The lowest BCUT2D eigenvalue weighted by Gasteiger charge is -2.16. The smallest absolute Gasteiger partial charge is 0.311 e. The van der Waals surface area contributed by atoms with Gasteiger partial charge in [0.1, 0.15) is 0 Å². The third-order valence-corrected chi connectivity index (χ3v) is 2.95. The standard InChI is InChI=1S/C11H16N2O2/c1-7(2)13-6-9-8(11(14)15)4-3-5-10(9)12-13/h6-8H,3-5H2,1-2H3,(H,14,15). The van der Waals surface area contributed by atoms with Crippen LogP contribution >= 0.6 is 0 Å². The first kappa shape index (κ1) is 10.2. The summed E-state index contributed by atoms with van der Waals surface area (Å²) in [6.45, 7) is 4.10. The van der Waals surface area contributed by atoms with Gasteiger partial charge in [0.15, 0.2) is 0 Å². The molecule has 1 heterocycles. The number of carboxylic acids is 1. The van der Waals surface area contributed by atoms with E-state index in [0.717, 1.165) is 30.5 Å². The zero-order valence-electron chi connectivity index (χ0n) is 9.10. The van der Waals surface area contributed by atoms with Crippen molar-refractivity contribution in [3.05, 3.63) is 17.5 Å². The van der Waals surface area contributed by atoms with Crippen LogP contribution in [0.5, 0.6) is 0 Å². The molecule has 0 aromatic carbocycles. The molecule has 4 heteroatoms. The molecule has 1 N–H and O–H groups in total. The van der Waals surface area contributed by atoms with Crippen molar-refractivity contribution in [1.82, 2.24) is 9.78 Å². The second kappa shape index (κ2) is 3.68. The first-order chi connectivity index (χ1) is 7.09. The van der Waals surface area contributed by atoms with E-state index in [1.807, 2.05) is 24.7 Å². The minimum Gasteiger partial charge on any atom is -0.481 e. The Kier molecular flexibility index (Phi) is 2.50. The highest BCUT2D eigenvalue weighted by Crippen LogP contribution is 2.31. The van der Waals surface area contributed by atoms with Crippen molar-refractivity contribution in [2.75, 3.05) is 0 Å². The van der Waals surface area contributed by atoms with E-state index < -0.39 is 5.97 Å². The molecule has 0 aliphatic heterocycles. The van der Waals surface area contributed by atoms with Gasteiger partial charge in [-0.3, -0.25) is 9.48 Å². The largest absolute Gasteiger partial charge is 0.481 e. The second-order valence-electron chi connectivity index (χ2n) is 4.39. The van der Waals surface area contributed by atoms with Crippen LogP contribution < -0.4 is 0 Å². The maximum absolute atomic E-state index is 11.1. The number of carbonyl (C=O) groups is 1. The quantitative estimate of drug-likeness (QED) is 0.808. The van der Waals surface area contributed by atoms with Gasteiger partial charge in [-0.2, -0.15) is 5.10 Å². The predicted molar refractivity (Wildman–Crippen MR) is 55.9 cm³/mol. The molecule has 0 fully saturated rings. The van der Waals surface area contributed by atoms with Crippen molar-refractivity contribution in [3.8, 4) is 0 Å². The summed E-state index contributed by atoms with van der Waals surface area (Å²) in [5.74, 6) is -1.07. The van der Waals surface area contributed by atoms with E-state index in [4.69, 9.17) is 5.11 Å². The van der Waals surface area contributed by atoms with Gasteiger partial charge >= 0.3 is 5.97 Å². The molecule has 1 atom stereocenters. The number of aromatic nitrogens is 2. The maximum Gasteiger partial charge on any atom is 0.311 e. The second-order valence-corrected chi connectivity index (χ2v) is 4.39. The zero-order chi connectivity index (χ0) is 11.0. The first-order valence-electron chi connectivity index (χ1n) is 5.40. The van der Waals surface area contributed by atoms with E-state index in [1.54, 1.807) is 0 Å². The molecule has 0 saturated heterocycles. The van der Waals surface area contributed by atoms with Gasteiger partial charge in [-0.05, 0) is 33.1 Å². The van der Waals surface area contributed by atoms with Gasteiger partial charge in [0.05, 0.1) is 11.6 Å². The molecule has 0 bridgehead atoms. The minimum atomic E-state index is -0.723. The highest BCUT2D eigenvalue weighted by molar-refractivity contribution is 5.76. The molecule has 82 valence electrons. The molecule has 2 rings (SSSR count). The van der Waals surface area contributed by atoms with Crippen LogP contribution in [0.3, 0.4) is 0 Å². The van der Waals surface area contributed by atoms with Gasteiger partial charge in [0.25, 0.3) is 0 Å². The van der Waals surface area contributed by atoms with Crippen LogP contribution in [0.2, 0.25) is 0 Å². The Balaban J connectivity index is 2.38. The van der Waals surface area contributed by atoms with E-state index in [-0.39, 0.29) is 5.92 Å². The number of nitrogens with zero attached hydrogens (tertiary/aromatic N) is 2. The van der Waals surface area contributed by atoms with E-state index in [0.29, 0.717) is 6.04 Å². The molecular formula is C11H16N2O2. The predicted octanol–water partition coefficient (Wildman–Crippen LogP) is 1.97. The number of carboxylic acid groups (broad SMARTS) is 1. The van der Waals surface area contributed by atoms with Crippen LogP contribution in [0.15, 0.2) is 6.20 Å². The van der Waals surface area contributed by atoms with Gasteiger partial charge in [0.2, 0.25) is 0 Å². The van der Waals surface area contributed by atoms with Crippen molar-refractivity contribution in [2.45, 2.75) is 45.1 Å². The number of rotatable bonds is 2. The van der Waals surface area contributed by atoms with Gasteiger partial charge < -0.3 is 5.11 Å². The Hall–Kier alpha value is -1.32. The molecule has 1 aromatic heterocycles. The number of aliphatic carboxylic acids is 1. The summed E-state index contributed by atoms with van der Waals surface area (Å²) in [6, 6.07) is 0.296. The van der Waals surface area contributed by atoms with E-state index in [1.165, 1.54) is 0 Å². The highest BCUT2D eigenvalue weighted by atomic mass is 16.4. The summed E-state index contributed by atoms with van der Waals surface area (Å²) in [7, 11) is 0. The summed E-state index contributed by atoms with van der Waals surface area (Å²) in [5.41, 5.74) is 1.89. The third kappa shape index (κ3) is 1.76. The van der Waals surface area contributed by atoms with Crippen molar-refractivity contribution in [1.29, 1.82) is 0 Å². The molecule has 1 aliphatic carbocycles. The van der Waals surface area contributed by atoms with Crippen molar-refractivity contribution in [3.63, 3.8) is 0 Å². The summed E-state index contributed by atoms with van der Waals surface area (Å²) in [4.78, 5) is 11.1. The van der Waals surface area contributed by atoms with Crippen LogP contribution in [0, 0.1) is 0 Å². The molecule has 4 nitrogen and oxygen atoms in total. The van der Waals surface area contributed by atoms with E-state index in [2.05, 4.69) is 5.10 Å². The topological polar surface area (TPSA) is 55.1 Å². The molecule has 15 heavy (non-hydrogen) atoms. The van der Waals surface area contributed by atoms with Crippen LogP contribution in [0.4, 0.5) is 0 Å². The number of hydrogen-bond acceptors (Lipinski definition) is 2. The molecule has 1 unspecified atom stereocenters. The normalized spacial score (nSPS) is 20.3. The van der Waals surface area contributed by atoms with Crippen LogP contribution in [0.25, 0.3) is 0 Å². The van der Waals surface area contributed by atoms with Crippen LogP contribution in [-0.2, 0) is 11.2 Å². The lowest BCUT2D eigenvalue weighted by Crippen LogP contribution is -2.16. The average Bonchev–Trinajstić information content (AvgIpc) is 2.60. The molecule has 0 saturated carbocycles. The van der Waals surface area contributed by atoms with Gasteiger partial charge in [-0.15, -0.1) is 0 Å².